The van der Waals surface area contributed by atoms with E-state index in [1.165, 1.54) is 180 Å². The van der Waals surface area contributed by atoms with Crippen molar-refractivity contribution in [3.63, 3.8) is 0 Å². The van der Waals surface area contributed by atoms with Crippen molar-refractivity contribution in [3.8, 4) is 0 Å². The van der Waals surface area contributed by atoms with Gasteiger partial charge in [0.15, 0.2) is 6.10 Å². The second-order valence-electron chi connectivity index (χ2n) is 24.8. The van der Waals surface area contributed by atoms with Crippen LogP contribution in [-0.2, 0) is 32.7 Å². The van der Waals surface area contributed by atoms with Gasteiger partial charge in [-0.15, -0.1) is 0 Å². The molecule has 0 aliphatic carbocycles. The molecule has 0 bridgehead atoms. The van der Waals surface area contributed by atoms with Crippen LogP contribution in [0.15, 0.2) is 109 Å². The van der Waals surface area contributed by atoms with Crippen LogP contribution in [0.25, 0.3) is 0 Å². The van der Waals surface area contributed by atoms with Crippen molar-refractivity contribution in [2.75, 3.05) is 47.5 Å². The third kappa shape index (κ3) is 69.8. The van der Waals surface area contributed by atoms with E-state index in [-0.39, 0.29) is 32.0 Å². The van der Waals surface area contributed by atoms with Gasteiger partial charge >= 0.3 is 11.9 Å². The predicted molar refractivity (Wildman–Crippen MR) is 369 cm³/mol. The number of hydrogen-bond acceptors (Lipinski definition) is 8. The molecule has 0 aliphatic rings. The Kier molecular flexibility index (Phi) is 63.5. The summed E-state index contributed by atoms with van der Waals surface area (Å²) in [7, 11) is 1.17. The van der Waals surface area contributed by atoms with Crippen LogP contribution in [0.5, 0.6) is 0 Å². The first-order valence-electron chi connectivity index (χ1n) is 35.6. The molecule has 9 nitrogen and oxygen atoms in total. The number of phosphoric ester groups is 1. The Bertz CT molecular complexity index is 1820. The molecule has 0 amide bonds. The third-order valence-electron chi connectivity index (χ3n) is 15.3. The van der Waals surface area contributed by atoms with Crippen molar-refractivity contribution in [2.45, 2.75) is 315 Å². The highest BCUT2D eigenvalue weighted by atomic mass is 31.2. The number of carbonyl (C=O) groups excluding carboxylic acids is 2. The highest BCUT2D eigenvalue weighted by Gasteiger charge is 2.22. The summed E-state index contributed by atoms with van der Waals surface area (Å²) in [5.74, 6) is -0.827. The molecular formula is C76H134NO8P. The summed E-state index contributed by atoms with van der Waals surface area (Å²) in [4.78, 5) is 38.1. The third-order valence-corrected chi connectivity index (χ3v) is 16.3. The highest BCUT2D eigenvalue weighted by molar-refractivity contribution is 7.45. The molecule has 2 atom stereocenters. The number of likely N-dealkylation sites (N-methyl/N-ethyl adjacent to an activating group) is 1. The molecule has 10 heteroatoms. The quantitative estimate of drug-likeness (QED) is 0.0195. The molecule has 2 unspecified atom stereocenters. The zero-order valence-electron chi connectivity index (χ0n) is 56.5. The lowest BCUT2D eigenvalue weighted by Crippen LogP contribution is -2.37. The summed E-state index contributed by atoms with van der Waals surface area (Å²) in [5, 5.41) is 0. The SMILES string of the molecule is CC/C=C\C/C=C\C/C=C\C/C=C\C/C=C\CCCCCCCCCCCCCCCCCCCCCCCC(=O)OC(COC(=O)CCCCCCCCCCCCCC/C=C\C/C=C\C/C=C\C/C=C\CC)COP(=O)([O-])OCC[N+](C)(C)C. The second-order valence-corrected chi connectivity index (χ2v) is 26.2. The first kappa shape index (κ1) is 82.7. The van der Waals surface area contributed by atoms with Crippen LogP contribution in [0.3, 0.4) is 0 Å². The average Bonchev–Trinajstić information content (AvgIpc) is 3.67. The standard InChI is InChI=1S/C76H134NO8P/c1-6-8-10-12-14-16-18-20-22-24-26-28-30-32-33-34-35-36-37-38-39-40-41-42-43-45-47-49-51-53-55-57-59-61-63-65-67-69-76(79)85-74(73-84-86(80,81)83-71-70-77(3,4)5)72-82-75(78)68-66-64-62-60-58-56-54-52-50-48-46-44-31-29-27-25-23-21-19-17-15-13-11-9-7-2/h8-11,14-17,20-23,26-29,32-33,74H,6-7,12-13,18-19,24-25,30-31,34-73H2,1-5H3/b10-8-,11-9-,16-14-,17-15-,22-20-,23-21-,28-26-,29-27-,33-32-. The number of allylic oxidation sites excluding steroid dienone is 18. The number of hydrogen-bond donors (Lipinski definition) is 0. The normalized spacial score (nSPS) is 13.8. The van der Waals surface area contributed by atoms with Crippen LogP contribution in [-0.4, -0.2) is 70.0 Å². The smallest absolute Gasteiger partial charge is 0.306 e. The Morgan fingerprint density at radius 2 is 0.628 bits per heavy atom. The summed E-state index contributed by atoms with van der Waals surface area (Å²) in [6.45, 7) is 4.04. The van der Waals surface area contributed by atoms with Gasteiger partial charge < -0.3 is 27.9 Å². The van der Waals surface area contributed by atoms with Crippen molar-refractivity contribution >= 4 is 19.8 Å². The first-order valence-corrected chi connectivity index (χ1v) is 37.1. The summed E-state index contributed by atoms with van der Waals surface area (Å²) >= 11 is 0. The lowest BCUT2D eigenvalue weighted by molar-refractivity contribution is -0.870. The zero-order chi connectivity index (χ0) is 62.6. The van der Waals surface area contributed by atoms with Crippen molar-refractivity contribution in [1.82, 2.24) is 0 Å². The molecule has 0 saturated heterocycles. The monoisotopic (exact) mass is 1220 g/mol. The number of phosphoric acid groups is 1. The van der Waals surface area contributed by atoms with Gasteiger partial charge in [-0.25, -0.2) is 0 Å². The zero-order valence-corrected chi connectivity index (χ0v) is 57.4. The minimum absolute atomic E-state index is 0.0332. The molecule has 0 aliphatic heterocycles. The predicted octanol–water partition coefficient (Wildman–Crippen LogP) is 22.6. The maximum atomic E-state index is 12.9. The van der Waals surface area contributed by atoms with Gasteiger partial charge in [0.05, 0.1) is 27.7 Å². The van der Waals surface area contributed by atoms with Crippen molar-refractivity contribution < 1.29 is 42.1 Å². The van der Waals surface area contributed by atoms with Crippen LogP contribution in [0.4, 0.5) is 0 Å². The average molecular weight is 1220 g/mol. The van der Waals surface area contributed by atoms with Gasteiger partial charge in [-0.1, -0.05) is 309 Å². The molecule has 0 radical (unpaired) electrons. The molecule has 0 saturated carbocycles. The lowest BCUT2D eigenvalue weighted by Gasteiger charge is -2.28. The maximum Gasteiger partial charge on any atom is 0.306 e. The van der Waals surface area contributed by atoms with Crippen LogP contribution in [0, 0.1) is 0 Å². The van der Waals surface area contributed by atoms with E-state index in [0.717, 1.165) is 96.3 Å². The fraction of sp³-hybridized carbons (Fsp3) is 0.737. The molecule has 86 heavy (non-hydrogen) atoms. The van der Waals surface area contributed by atoms with E-state index in [4.69, 9.17) is 18.5 Å². The number of rotatable bonds is 65. The minimum atomic E-state index is -4.65. The van der Waals surface area contributed by atoms with Gasteiger partial charge in [-0.2, -0.15) is 0 Å². The molecule has 0 aromatic carbocycles. The van der Waals surface area contributed by atoms with E-state index in [1.54, 1.807) is 0 Å². The summed E-state index contributed by atoms with van der Waals surface area (Å²) in [5.41, 5.74) is 0. The molecule has 0 spiro atoms. The molecule has 0 aromatic rings. The van der Waals surface area contributed by atoms with E-state index in [1.807, 2.05) is 21.1 Å². The number of quaternary nitrogens is 1. The van der Waals surface area contributed by atoms with Gasteiger partial charge in [-0.3, -0.25) is 14.2 Å². The van der Waals surface area contributed by atoms with E-state index >= 15 is 0 Å². The van der Waals surface area contributed by atoms with E-state index in [0.29, 0.717) is 17.4 Å². The number of esters is 2. The van der Waals surface area contributed by atoms with Crippen molar-refractivity contribution in [1.29, 1.82) is 0 Å². The van der Waals surface area contributed by atoms with E-state index in [9.17, 15) is 19.0 Å². The Balaban J connectivity index is 3.99. The Morgan fingerprint density at radius 1 is 0.360 bits per heavy atom. The van der Waals surface area contributed by atoms with Crippen LogP contribution in [0.1, 0.15) is 309 Å². The molecule has 496 valence electrons. The highest BCUT2D eigenvalue weighted by Crippen LogP contribution is 2.38. The van der Waals surface area contributed by atoms with Crippen LogP contribution in [0.2, 0.25) is 0 Å². The second kappa shape index (κ2) is 66.1. The van der Waals surface area contributed by atoms with Crippen molar-refractivity contribution in [2.24, 2.45) is 0 Å². The minimum Gasteiger partial charge on any atom is -0.756 e. The number of ether oxygens (including phenoxy) is 2. The summed E-state index contributed by atoms with van der Waals surface area (Å²) < 4.78 is 34.3. The van der Waals surface area contributed by atoms with E-state index < -0.39 is 26.5 Å². The number of carbonyl (C=O) groups is 2. The van der Waals surface area contributed by atoms with E-state index in [2.05, 4.69) is 123 Å². The fourth-order valence-corrected chi connectivity index (χ4v) is 10.6. The van der Waals surface area contributed by atoms with Gasteiger partial charge in [-0.05, 0) is 96.3 Å². The van der Waals surface area contributed by atoms with Gasteiger partial charge in [0.1, 0.15) is 19.8 Å². The van der Waals surface area contributed by atoms with Crippen LogP contribution < -0.4 is 4.89 Å². The first-order chi connectivity index (χ1) is 42.0. The largest absolute Gasteiger partial charge is 0.756 e. The van der Waals surface area contributed by atoms with Gasteiger partial charge in [0.2, 0.25) is 0 Å². The maximum absolute atomic E-state index is 12.9. The van der Waals surface area contributed by atoms with Gasteiger partial charge in [0, 0.05) is 12.8 Å². The molecule has 0 rings (SSSR count). The molecule has 0 N–H and O–H groups in total. The Labute approximate surface area is 531 Å². The Morgan fingerprint density at radius 3 is 0.930 bits per heavy atom. The molecule has 0 fully saturated rings. The summed E-state index contributed by atoms with van der Waals surface area (Å²) in [6.07, 6.45) is 93.2. The molecule has 0 aromatic heterocycles. The van der Waals surface area contributed by atoms with Gasteiger partial charge in [0.25, 0.3) is 7.82 Å². The number of unbranched alkanes of at least 4 members (excludes halogenated alkanes) is 33. The summed E-state index contributed by atoms with van der Waals surface area (Å²) in [6, 6.07) is 0. The lowest BCUT2D eigenvalue weighted by atomic mass is 10.0. The molecular weight excluding hydrogens is 1090 g/mol. The van der Waals surface area contributed by atoms with Crippen LogP contribution >= 0.6 is 7.82 Å². The fourth-order valence-electron chi connectivity index (χ4n) is 9.91. The van der Waals surface area contributed by atoms with Crippen molar-refractivity contribution in [3.05, 3.63) is 109 Å². The molecule has 0 heterocycles. The topological polar surface area (TPSA) is 111 Å². The number of nitrogens with zero attached hydrogens (tertiary/aromatic N) is 1. The Hall–Kier alpha value is -3.33.